The molecular weight excluding hydrogens is 472 g/mol. The Hall–Kier alpha value is -3.44. The number of carbonyl (C=O) groups is 1. The van der Waals surface area contributed by atoms with Gasteiger partial charge in [0.2, 0.25) is 34.4 Å². The van der Waals surface area contributed by atoms with Crippen molar-refractivity contribution in [3.63, 3.8) is 0 Å². The molecule has 0 atom stereocenters. The summed E-state index contributed by atoms with van der Waals surface area (Å²) in [6.45, 7) is 4.56. The van der Waals surface area contributed by atoms with E-state index in [1.165, 1.54) is 4.31 Å². The van der Waals surface area contributed by atoms with Crippen LogP contribution in [0.1, 0.15) is 29.9 Å². The lowest BCUT2D eigenvalue weighted by atomic mass is 9.97. The average Bonchev–Trinajstić information content (AvgIpc) is 3.51. The lowest BCUT2D eigenvalue weighted by Gasteiger charge is -2.31. The van der Waals surface area contributed by atoms with E-state index in [1.807, 2.05) is 18.2 Å². The second-order valence-electron chi connectivity index (χ2n) is 8.70. The molecule has 1 aromatic heterocycles. The number of aryl methyl sites for hydroxylation is 2. The molecule has 184 valence electrons. The first-order valence-electron chi connectivity index (χ1n) is 11.4. The molecule has 0 bridgehead atoms. The number of piperidine rings is 1. The number of nitrogens with zero attached hydrogens (tertiary/aromatic N) is 3. The number of rotatable bonds is 6. The topological polar surface area (TPSA) is 124 Å². The summed E-state index contributed by atoms with van der Waals surface area (Å²) >= 11 is 0. The first kappa shape index (κ1) is 23.3. The Morgan fingerprint density at radius 1 is 1.09 bits per heavy atom. The fourth-order valence-electron chi connectivity index (χ4n) is 4.32. The molecule has 2 aromatic carbocycles. The van der Waals surface area contributed by atoms with Gasteiger partial charge in [0.05, 0.1) is 4.90 Å². The molecule has 3 heterocycles. The van der Waals surface area contributed by atoms with Crippen LogP contribution >= 0.6 is 0 Å². The molecule has 3 aromatic rings. The van der Waals surface area contributed by atoms with Gasteiger partial charge < -0.3 is 19.3 Å². The van der Waals surface area contributed by atoms with Crippen LogP contribution in [0.2, 0.25) is 0 Å². The summed E-state index contributed by atoms with van der Waals surface area (Å²) in [5.41, 5.74) is 2.12. The van der Waals surface area contributed by atoms with Crippen molar-refractivity contribution in [2.24, 2.45) is 5.92 Å². The smallest absolute Gasteiger partial charge is 0.243 e. The zero-order valence-corrected chi connectivity index (χ0v) is 20.3. The Morgan fingerprint density at radius 2 is 1.86 bits per heavy atom. The molecule has 10 nitrogen and oxygen atoms in total. The van der Waals surface area contributed by atoms with Crippen LogP contribution < -0.4 is 14.8 Å². The molecular formula is C24H26N4O6S. The van der Waals surface area contributed by atoms with E-state index >= 15 is 0 Å². The SMILES string of the molecule is Cc1nc(-c2ccc(C)c(S(=O)(=O)N3CCC(C(=O)NCc4ccc5c(c4)OCO5)CC3)c2)no1. The summed E-state index contributed by atoms with van der Waals surface area (Å²) in [7, 11) is -3.74. The highest BCUT2D eigenvalue weighted by molar-refractivity contribution is 7.89. The minimum atomic E-state index is -3.74. The summed E-state index contributed by atoms with van der Waals surface area (Å²) in [6, 6.07) is 10.7. The van der Waals surface area contributed by atoms with Crippen LogP contribution in [0.25, 0.3) is 11.4 Å². The van der Waals surface area contributed by atoms with Crippen LogP contribution in [0, 0.1) is 19.8 Å². The molecule has 2 aliphatic heterocycles. The molecule has 0 radical (unpaired) electrons. The predicted octanol–water partition coefficient (Wildman–Crippen LogP) is 2.80. The van der Waals surface area contributed by atoms with E-state index in [9.17, 15) is 13.2 Å². The maximum Gasteiger partial charge on any atom is 0.243 e. The number of ether oxygens (including phenoxy) is 2. The highest BCUT2D eigenvalue weighted by Crippen LogP contribution is 2.33. The lowest BCUT2D eigenvalue weighted by Crippen LogP contribution is -2.43. The van der Waals surface area contributed by atoms with Crippen molar-refractivity contribution in [2.75, 3.05) is 19.9 Å². The van der Waals surface area contributed by atoms with Crippen molar-refractivity contribution in [1.82, 2.24) is 19.8 Å². The fraction of sp³-hybridized carbons (Fsp3) is 0.375. The van der Waals surface area contributed by atoms with E-state index in [4.69, 9.17) is 14.0 Å². The summed E-state index contributed by atoms with van der Waals surface area (Å²) in [5, 5.41) is 6.84. The molecule has 1 saturated heterocycles. The van der Waals surface area contributed by atoms with E-state index in [0.29, 0.717) is 53.7 Å². The van der Waals surface area contributed by atoms with Crippen molar-refractivity contribution in [1.29, 1.82) is 0 Å². The average molecular weight is 499 g/mol. The third-order valence-electron chi connectivity index (χ3n) is 6.32. The Bertz CT molecular complexity index is 1360. The number of carbonyl (C=O) groups excluding carboxylic acids is 1. The molecule has 1 fully saturated rings. The van der Waals surface area contributed by atoms with Crippen molar-refractivity contribution in [2.45, 2.75) is 38.1 Å². The fourth-order valence-corrected chi connectivity index (χ4v) is 6.04. The molecule has 0 saturated carbocycles. The van der Waals surface area contributed by atoms with Gasteiger partial charge in [-0.05, 0) is 49.1 Å². The molecule has 1 amide bonds. The normalized spacial score (nSPS) is 16.4. The third-order valence-corrected chi connectivity index (χ3v) is 8.36. The zero-order chi connectivity index (χ0) is 24.6. The molecule has 0 aliphatic carbocycles. The van der Waals surface area contributed by atoms with Gasteiger partial charge in [0.1, 0.15) is 0 Å². The molecule has 5 rings (SSSR count). The minimum Gasteiger partial charge on any atom is -0.454 e. The summed E-state index contributed by atoms with van der Waals surface area (Å²) in [5.74, 6) is 1.79. The molecule has 0 unspecified atom stereocenters. The van der Waals surface area contributed by atoms with Gasteiger partial charge in [0.15, 0.2) is 11.5 Å². The van der Waals surface area contributed by atoms with Crippen molar-refractivity contribution in [3.05, 3.63) is 53.4 Å². The van der Waals surface area contributed by atoms with Crippen LogP contribution in [0.5, 0.6) is 11.5 Å². The molecule has 0 spiro atoms. The molecule has 2 aliphatic rings. The first-order chi connectivity index (χ1) is 16.8. The maximum atomic E-state index is 13.4. The number of hydrogen-bond donors (Lipinski definition) is 1. The summed E-state index contributed by atoms with van der Waals surface area (Å²) < 4.78 is 44.0. The van der Waals surface area contributed by atoms with Crippen LogP contribution in [0.15, 0.2) is 45.8 Å². The van der Waals surface area contributed by atoms with Gasteiger partial charge in [0.25, 0.3) is 0 Å². The summed E-state index contributed by atoms with van der Waals surface area (Å²) in [6.07, 6.45) is 0.907. The van der Waals surface area contributed by atoms with Gasteiger partial charge in [-0.1, -0.05) is 23.4 Å². The van der Waals surface area contributed by atoms with Crippen LogP contribution in [-0.2, 0) is 21.4 Å². The number of nitrogens with one attached hydrogen (secondary N) is 1. The van der Waals surface area contributed by atoms with Crippen molar-refractivity contribution >= 4 is 15.9 Å². The van der Waals surface area contributed by atoms with Crippen LogP contribution in [0.4, 0.5) is 0 Å². The number of fused-ring (bicyclic) bond motifs is 1. The van der Waals surface area contributed by atoms with Crippen LogP contribution in [-0.4, -0.2) is 48.7 Å². The van der Waals surface area contributed by atoms with E-state index in [-0.39, 0.29) is 36.6 Å². The Morgan fingerprint density at radius 3 is 2.60 bits per heavy atom. The van der Waals surface area contributed by atoms with Crippen LogP contribution in [0.3, 0.4) is 0 Å². The monoisotopic (exact) mass is 498 g/mol. The Kier molecular flexibility index (Phi) is 6.20. The molecule has 35 heavy (non-hydrogen) atoms. The zero-order valence-electron chi connectivity index (χ0n) is 19.5. The van der Waals surface area contributed by atoms with Gasteiger partial charge in [-0.15, -0.1) is 0 Å². The highest BCUT2D eigenvalue weighted by Gasteiger charge is 2.33. The number of benzene rings is 2. The number of aromatic nitrogens is 2. The lowest BCUT2D eigenvalue weighted by molar-refractivity contribution is -0.126. The Balaban J connectivity index is 1.21. The predicted molar refractivity (Wildman–Crippen MR) is 125 cm³/mol. The minimum absolute atomic E-state index is 0.0784. The number of sulfonamides is 1. The maximum absolute atomic E-state index is 13.4. The van der Waals surface area contributed by atoms with E-state index in [0.717, 1.165) is 5.56 Å². The standard InChI is InChI=1S/C24H26N4O6S/c1-15-3-5-19(23-26-16(2)34-27-23)12-22(15)35(30,31)28-9-7-18(8-10-28)24(29)25-13-17-4-6-20-21(11-17)33-14-32-20/h3-6,11-12,18H,7-10,13-14H2,1-2H3,(H,25,29). The quantitative estimate of drug-likeness (QED) is 0.550. The van der Waals surface area contributed by atoms with E-state index in [1.54, 1.807) is 32.0 Å². The number of hydrogen-bond acceptors (Lipinski definition) is 8. The second kappa shape index (κ2) is 9.31. The van der Waals surface area contributed by atoms with E-state index in [2.05, 4.69) is 15.5 Å². The van der Waals surface area contributed by atoms with E-state index < -0.39 is 10.0 Å². The van der Waals surface area contributed by atoms with Gasteiger partial charge >= 0.3 is 0 Å². The molecule has 1 N–H and O–H groups in total. The second-order valence-corrected chi connectivity index (χ2v) is 10.6. The third kappa shape index (κ3) is 4.73. The molecule has 11 heteroatoms. The van der Waals surface area contributed by atoms with Gasteiger partial charge in [-0.2, -0.15) is 9.29 Å². The number of amides is 1. The largest absolute Gasteiger partial charge is 0.454 e. The van der Waals surface area contributed by atoms with Gasteiger partial charge in [0, 0.05) is 38.0 Å². The van der Waals surface area contributed by atoms with Crippen molar-refractivity contribution < 1.29 is 27.2 Å². The summed E-state index contributed by atoms with van der Waals surface area (Å²) in [4.78, 5) is 17.1. The van der Waals surface area contributed by atoms with Gasteiger partial charge in [-0.3, -0.25) is 4.79 Å². The first-order valence-corrected chi connectivity index (χ1v) is 12.8. The van der Waals surface area contributed by atoms with Gasteiger partial charge in [-0.25, -0.2) is 8.42 Å². The highest BCUT2D eigenvalue weighted by atomic mass is 32.2. The van der Waals surface area contributed by atoms with Crippen molar-refractivity contribution in [3.8, 4) is 22.9 Å². The Labute approximate surface area is 203 Å².